The molecule has 2 aromatic carbocycles. The van der Waals surface area contributed by atoms with Crippen LogP contribution in [-0.4, -0.2) is 20.6 Å². The van der Waals surface area contributed by atoms with Gasteiger partial charge >= 0.3 is 5.97 Å². The molecule has 0 amide bonds. The molecule has 3 rings (SSSR count). The molecule has 0 saturated carbocycles. The van der Waals surface area contributed by atoms with Crippen molar-refractivity contribution in [2.24, 2.45) is 0 Å². The zero-order valence-electron chi connectivity index (χ0n) is 15.5. The smallest absolute Gasteiger partial charge is 0.323 e. The number of aromatic nitrogens is 2. The van der Waals surface area contributed by atoms with Crippen LogP contribution in [0.3, 0.4) is 0 Å². The molecule has 0 aliphatic carbocycles. The fourth-order valence-electron chi connectivity index (χ4n) is 2.78. The first kappa shape index (κ1) is 19.7. The maximum absolute atomic E-state index is 12.9. The number of benzene rings is 2. The van der Waals surface area contributed by atoms with Crippen molar-refractivity contribution in [3.8, 4) is 0 Å². The van der Waals surface area contributed by atoms with Gasteiger partial charge in [0.1, 0.15) is 6.54 Å². The lowest BCUT2D eigenvalue weighted by molar-refractivity contribution is -0.137. The molecular formula is C21H21N3O3S. The van der Waals surface area contributed by atoms with Gasteiger partial charge in [-0.15, -0.1) is 11.8 Å². The van der Waals surface area contributed by atoms with Gasteiger partial charge in [0, 0.05) is 22.5 Å². The molecule has 0 fully saturated rings. The van der Waals surface area contributed by atoms with Crippen LogP contribution in [0, 0.1) is 0 Å². The summed E-state index contributed by atoms with van der Waals surface area (Å²) in [5.74, 6) is -0.500. The molecule has 0 spiro atoms. The van der Waals surface area contributed by atoms with E-state index in [1.807, 2.05) is 61.5 Å². The van der Waals surface area contributed by atoms with Gasteiger partial charge in [-0.25, -0.2) is 4.98 Å². The van der Waals surface area contributed by atoms with E-state index in [2.05, 4.69) is 10.3 Å². The number of nitrogens with zero attached hydrogens (tertiary/aromatic N) is 2. The summed E-state index contributed by atoms with van der Waals surface area (Å²) in [6.45, 7) is 1.62. The van der Waals surface area contributed by atoms with Crippen LogP contribution in [0.25, 0.3) is 0 Å². The second-order valence-corrected chi connectivity index (χ2v) is 7.17. The second-order valence-electron chi connectivity index (χ2n) is 6.12. The first-order valence-corrected chi connectivity index (χ1v) is 9.90. The van der Waals surface area contributed by atoms with E-state index in [0.29, 0.717) is 11.4 Å². The Kier molecular flexibility index (Phi) is 6.49. The maximum Gasteiger partial charge on any atom is 0.323 e. The Hall–Kier alpha value is -3.06. The van der Waals surface area contributed by atoms with Crippen molar-refractivity contribution in [1.29, 1.82) is 0 Å². The largest absolute Gasteiger partial charge is 0.480 e. The number of thioether (sulfide) groups is 1. The van der Waals surface area contributed by atoms with E-state index >= 15 is 0 Å². The Labute approximate surface area is 167 Å². The summed E-state index contributed by atoms with van der Waals surface area (Å²) in [4.78, 5) is 29.5. The minimum Gasteiger partial charge on any atom is -0.480 e. The number of para-hydroxylation sites is 1. The van der Waals surface area contributed by atoms with Gasteiger partial charge in [0.05, 0.1) is 5.69 Å². The average Bonchev–Trinajstić information content (AvgIpc) is 2.71. The van der Waals surface area contributed by atoms with E-state index in [1.165, 1.54) is 16.3 Å². The lowest BCUT2D eigenvalue weighted by atomic mass is 10.1. The number of rotatable bonds is 8. The highest BCUT2D eigenvalue weighted by Crippen LogP contribution is 2.23. The number of carboxylic acid groups (broad SMARTS) is 1. The third-order valence-electron chi connectivity index (χ3n) is 4.21. The molecular weight excluding hydrogens is 374 g/mol. The van der Waals surface area contributed by atoms with Crippen molar-refractivity contribution in [2.45, 2.75) is 30.5 Å². The minimum absolute atomic E-state index is 0.121. The van der Waals surface area contributed by atoms with Crippen molar-refractivity contribution in [1.82, 2.24) is 9.55 Å². The molecule has 7 heteroatoms. The average molecular weight is 395 g/mol. The summed E-state index contributed by atoms with van der Waals surface area (Å²) in [6, 6.07) is 17.4. The molecule has 1 aromatic heterocycles. The van der Waals surface area contributed by atoms with E-state index < -0.39 is 18.1 Å². The van der Waals surface area contributed by atoms with E-state index in [9.17, 15) is 14.7 Å². The van der Waals surface area contributed by atoms with E-state index in [4.69, 9.17) is 0 Å². The molecule has 0 saturated heterocycles. The summed E-state index contributed by atoms with van der Waals surface area (Å²) in [7, 11) is 0. The summed E-state index contributed by atoms with van der Waals surface area (Å²) in [5, 5.41) is 12.3. The molecule has 0 unspecified atom stereocenters. The van der Waals surface area contributed by atoms with Crippen LogP contribution in [0.15, 0.2) is 70.5 Å². The van der Waals surface area contributed by atoms with Crippen molar-refractivity contribution in [3.05, 3.63) is 82.4 Å². The zero-order chi connectivity index (χ0) is 19.9. The third kappa shape index (κ3) is 4.80. The topological polar surface area (TPSA) is 84.2 Å². The van der Waals surface area contributed by atoms with E-state index in [-0.39, 0.29) is 5.82 Å². The molecule has 3 aromatic rings. The van der Waals surface area contributed by atoms with E-state index in [1.54, 1.807) is 6.20 Å². The molecule has 0 aliphatic heterocycles. The van der Waals surface area contributed by atoms with Gasteiger partial charge in [0.2, 0.25) is 0 Å². The third-order valence-corrected chi connectivity index (χ3v) is 5.26. The van der Waals surface area contributed by atoms with Crippen LogP contribution in [0.4, 0.5) is 11.5 Å². The Bertz CT molecular complexity index is 1020. The van der Waals surface area contributed by atoms with Gasteiger partial charge in [-0.2, -0.15) is 0 Å². The van der Waals surface area contributed by atoms with Crippen molar-refractivity contribution < 1.29 is 9.90 Å². The Morgan fingerprint density at radius 2 is 1.86 bits per heavy atom. The molecule has 6 nitrogen and oxygen atoms in total. The highest BCUT2D eigenvalue weighted by Gasteiger charge is 2.14. The summed E-state index contributed by atoms with van der Waals surface area (Å²) < 4.78 is 1.27. The van der Waals surface area contributed by atoms with Gasteiger partial charge in [0.25, 0.3) is 5.56 Å². The number of hydrogen-bond donors (Lipinski definition) is 2. The van der Waals surface area contributed by atoms with Crippen LogP contribution >= 0.6 is 11.8 Å². The van der Waals surface area contributed by atoms with Crippen molar-refractivity contribution >= 4 is 29.2 Å². The standard InChI is InChI=1S/C21H21N3O3S/c1-2-15-8-6-7-11-18(15)23-20-21(27)24(13-19(25)26)16(12-22-20)14-28-17-9-4-3-5-10-17/h3-12H,2,13-14H2,1H3,(H,22,23)(H,25,26). The van der Waals surface area contributed by atoms with Crippen LogP contribution in [0.2, 0.25) is 0 Å². The number of anilines is 2. The van der Waals surface area contributed by atoms with Crippen molar-refractivity contribution in [2.75, 3.05) is 5.32 Å². The SMILES string of the molecule is CCc1ccccc1Nc1ncc(CSc2ccccc2)n(CC(=O)O)c1=O. The molecule has 0 atom stereocenters. The van der Waals surface area contributed by atoms with Gasteiger partial charge in [-0.05, 0) is 30.2 Å². The quantitative estimate of drug-likeness (QED) is 0.562. The van der Waals surface area contributed by atoms with Crippen LogP contribution in [0.1, 0.15) is 18.2 Å². The minimum atomic E-state index is -1.07. The number of aliphatic carboxylic acids is 1. The zero-order valence-corrected chi connectivity index (χ0v) is 16.3. The summed E-state index contributed by atoms with van der Waals surface area (Å²) >= 11 is 1.53. The molecule has 28 heavy (non-hydrogen) atoms. The summed E-state index contributed by atoms with van der Waals surface area (Å²) in [5.41, 5.74) is 1.97. The van der Waals surface area contributed by atoms with Gasteiger partial charge < -0.3 is 10.4 Å². The van der Waals surface area contributed by atoms with Crippen LogP contribution in [-0.2, 0) is 23.5 Å². The van der Waals surface area contributed by atoms with Crippen LogP contribution in [0.5, 0.6) is 0 Å². The maximum atomic E-state index is 12.9. The number of carbonyl (C=O) groups is 1. The lowest BCUT2D eigenvalue weighted by Crippen LogP contribution is -2.29. The number of nitrogens with one attached hydrogen (secondary N) is 1. The van der Waals surface area contributed by atoms with E-state index in [0.717, 1.165) is 22.6 Å². The number of carboxylic acids is 1. The normalized spacial score (nSPS) is 10.6. The van der Waals surface area contributed by atoms with Gasteiger partial charge in [-0.1, -0.05) is 43.3 Å². The molecule has 0 aliphatic rings. The van der Waals surface area contributed by atoms with Gasteiger partial charge in [-0.3, -0.25) is 14.2 Å². The fourth-order valence-corrected chi connectivity index (χ4v) is 3.68. The molecule has 0 bridgehead atoms. The highest BCUT2D eigenvalue weighted by atomic mass is 32.2. The second kappa shape index (κ2) is 9.23. The van der Waals surface area contributed by atoms with Gasteiger partial charge in [0.15, 0.2) is 5.82 Å². The predicted octanol–water partition coefficient (Wildman–Crippen LogP) is 3.93. The molecule has 1 heterocycles. The first-order valence-electron chi connectivity index (χ1n) is 8.91. The molecule has 2 N–H and O–H groups in total. The molecule has 0 radical (unpaired) electrons. The fraction of sp³-hybridized carbons (Fsp3) is 0.190. The summed E-state index contributed by atoms with van der Waals surface area (Å²) in [6.07, 6.45) is 2.37. The first-order chi connectivity index (χ1) is 13.6. The Balaban J connectivity index is 1.91. The highest BCUT2D eigenvalue weighted by molar-refractivity contribution is 7.98. The molecule has 144 valence electrons. The monoisotopic (exact) mass is 395 g/mol. The Morgan fingerprint density at radius 1 is 1.14 bits per heavy atom. The predicted molar refractivity (Wildman–Crippen MR) is 111 cm³/mol. The lowest BCUT2D eigenvalue weighted by Gasteiger charge is -2.14. The number of aryl methyl sites for hydroxylation is 1. The van der Waals surface area contributed by atoms with Crippen molar-refractivity contribution in [3.63, 3.8) is 0 Å². The number of hydrogen-bond acceptors (Lipinski definition) is 5. The van der Waals surface area contributed by atoms with Crippen LogP contribution < -0.4 is 10.9 Å². The Morgan fingerprint density at radius 3 is 2.57 bits per heavy atom.